The van der Waals surface area contributed by atoms with Gasteiger partial charge in [-0.05, 0) is 31.9 Å². The Morgan fingerprint density at radius 2 is 1.50 bits per heavy atom. The second kappa shape index (κ2) is 5.76. The molecule has 110 valence electrons. The highest BCUT2D eigenvalue weighted by Crippen LogP contribution is 2.39. The number of rotatable bonds is 3. The summed E-state index contributed by atoms with van der Waals surface area (Å²) in [6.45, 7) is 6.46. The summed E-state index contributed by atoms with van der Waals surface area (Å²) in [5, 5.41) is 0. The predicted molar refractivity (Wildman–Crippen MR) is 91.2 cm³/mol. The van der Waals surface area contributed by atoms with E-state index in [4.69, 9.17) is 0 Å². The molecule has 3 rings (SSSR count). The molecule has 0 heterocycles. The number of carbonyl (C=O) groups excluding carboxylic acids is 1. The zero-order valence-corrected chi connectivity index (χ0v) is 13.3. The van der Waals surface area contributed by atoms with Crippen LogP contribution < -0.4 is 0 Å². The van der Waals surface area contributed by atoms with Crippen molar-refractivity contribution in [3.05, 3.63) is 94.1 Å². The normalized spacial score (nSPS) is 17.6. The fourth-order valence-corrected chi connectivity index (χ4v) is 3.09. The van der Waals surface area contributed by atoms with Gasteiger partial charge in [0.15, 0.2) is 5.78 Å². The number of hydrogen-bond donors (Lipinski definition) is 0. The average molecular weight is 288 g/mol. The van der Waals surface area contributed by atoms with E-state index in [-0.39, 0.29) is 11.7 Å². The summed E-state index contributed by atoms with van der Waals surface area (Å²) in [6, 6.07) is 17.5. The summed E-state index contributed by atoms with van der Waals surface area (Å²) >= 11 is 0. The molecule has 0 spiro atoms. The third kappa shape index (κ3) is 2.43. The Balaban J connectivity index is 2.08. The maximum atomic E-state index is 12.9. The second-order valence-corrected chi connectivity index (χ2v) is 5.92. The summed E-state index contributed by atoms with van der Waals surface area (Å²) in [4.78, 5) is 12.9. The van der Waals surface area contributed by atoms with E-state index >= 15 is 0 Å². The number of ketones is 1. The van der Waals surface area contributed by atoms with Crippen LogP contribution in [-0.4, -0.2) is 5.78 Å². The van der Waals surface area contributed by atoms with E-state index in [0.29, 0.717) is 0 Å². The maximum absolute atomic E-state index is 12.9. The van der Waals surface area contributed by atoms with Crippen LogP contribution in [-0.2, 0) is 0 Å². The minimum atomic E-state index is 0.0969. The molecule has 2 aromatic carbocycles. The first-order chi connectivity index (χ1) is 10.6. The molecule has 22 heavy (non-hydrogen) atoms. The van der Waals surface area contributed by atoms with Crippen LogP contribution in [0.25, 0.3) is 0 Å². The minimum Gasteiger partial charge on any atom is -0.289 e. The smallest absolute Gasteiger partial charge is 0.193 e. The van der Waals surface area contributed by atoms with Crippen molar-refractivity contribution in [3.8, 4) is 0 Å². The molecule has 1 unspecified atom stereocenters. The lowest BCUT2D eigenvalue weighted by Crippen LogP contribution is -2.08. The Morgan fingerprint density at radius 3 is 2.14 bits per heavy atom. The van der Waals surface area contributed by atoms with Crippen molar-refractivity contribution in [1.82, 2.24) is 0 Å². The van der Waals surface area contributed by atoms with Gasteiger partial charge in [0.05, 0.1) is 0 Å². The van der Waals surface area contributed by atoms with Crippen molar-refractivity contribution in [2.24, 2.45) is 0 Å². The first kappa shape index (κ1) is 14.5. The van der Waals surface area contributed by atoms with Gasteiger partial charge in [-0.2, -0.15) is 0 Å². The molecule has 0 N–H and O–H groups in total. The zero-order chi connectivity index (χ0) is 15.7. The molecular weight excluding hydrogens is 268 g/mol. The molecule has 1 nitrogen and oxygen atoms in total. The standard InChI is InChI=1S/C21H20O/c1-14-13-20(16(3)15(14)2)18-11-7-8-12-19(18)21(22)17-9-5-4-6-10-17/h4-13,20H,1-3H3. The molecule has 0 bridgehead atoms. The number of hydrogen-bond acceptors (Lipinski definition) is 1. The molecule has 0 aromatic heterocycles. The molecule has 0 fully saturated rings. The average Bonchev–Trinajstić information content (AvgIpc) is 2.82. The largest absolute Gasteiger partial charge is 0.289 e. The fourth-order valence-electron chi connectivity index (χ4n) is 3.09. The van der Waals surface area contributed by atoms with Gasteiger partial charge < -0.3 is 0 Å². The van der Waals surface area contributed by atoms with Crippen molar-refractivity contribution in [2.75, 3.05) is 0 Å². The Hall–Kier alpha value is -2.41. The van der Waals surface area contributed by atoms with Crippen LogP contribution in [0.1, 0.15) is 48.2 Å². The van der Waals surface area contributed by atoms with E-state index in [1.54, 1.807) is 0 Å². The van der Waals surface area contributed by atoms with E-state index in [9.17, 15) is 4.79 Å². The van der Waals surface area contributed by atoms with Crippen molar-refractivity contribution >= 4 is 5.78 Å². The fraction of sp³-hybridized carbons (Fsp3) is 0.190. The molecule has 1 aliphatic rings. The third-order valence-corrected chi connectivity index (χ3v) is 4.64. The van der Waals surface area contributed by atoms with Gasteiger partial charge in [-0.3, -0.25) is 4.79 Å². The minimum absolute atomic E-state index is 0.0969. The van der Waals surface area contributed by atoms with Crippen LogP contribution in [0.2, 0.25) is 0 Å². The zero-order valence-electron chi connectivity index (χ0n) is 13.3. The molecule has 2 aromatic rings. The molecule has 0 radical (unpaired) electrons. The van der Waals surface area contributed by atoms with Gasteiger partial charge in [-0.1, -0.05) is 71.8 Å². The SMILES string of the molecule is CC1=CC(c2ccccc2C(=O)c2ccccc2)C(C)=C1C. The van der Waals surface area contributed by atoms with Gasteiger partial charge in [-0.25, -0.2) is 0 Å². The highest BCUT2D eigenvalue weighted by Gasteiger charge is 2.24. The Kier molecular flexibility index (Phi) is 3.81. The summed E-state index contributed by atoms with van der Waals surface area (Å²) in [7, 11) is 0. The highest BCUT2D eigenvalue weighted by molar-refractivity contribution is 6.10. The molecular formula is C21H20O. The molecule has 1 atom stereocenters. The number of carbonyl (C=O) groups is 1. The molecule has 0 saturated heterocycles. The van der Waals surface area contributed by atoms with Crippen LogP contribution in [0.4, 0.5) is 0 Å². The summed E-state index contributed by atoms with van der Waals surface area (Å²) < 4.78 is 0. The van der Waals surface area contributed by atoms with E-state index in [1.165, 1.54) is 16.7 Å². The Bertz CT molecular complexity index is 779. The highest BCUT2D eigenvalue weighted by atomic mass is 16.1. The molecule has 0 amide bonds. The van der Waals surface area contributed by atoms with E-state index in [0.717, 1.165) is 16.7 Å². The van der Waals surface area contributed by atoms with Gasteiger partial charge in [0.25, 0.3) is 0 Å². The quantitative estimate of drug-likeness (QED) is 0.701. The van der Waals surface area contributed by atoms with Gasteiger partial charge in [0.2, 0.25) is 0 Å². The van der Waals surface area contributed by atoms with Crippen LogP contribution in [0.15, 0.2) is 77.4 Å². The lowest BCUT2D eigenvalue weighted by molar-refractivity contribution is 0.103. The number of benzene rings is 2. The van der Waals surface area contributed by atoms with Crippen molar-refractivity contribution < 1.29 is 4.79 Å². The van der Waals surface area contributed by atoms with Crippen molar-refractivity contribution in [3.63, 3.8) is 0 Å². The van der Waals surface area contributed by atoms with Crippen LogP contribution in [0.5, 0.6) is 0 Å². The first-order valence-corrected chi connectivity index (χ1v) is 7.64. The summed E-state index contributed by atoms with van der Waals surface area (Å²) in [6.07, 6.45) is 2.27. The van der Waals surface area contributed by atoms with Gasteiger partial charge in [0, 0.05) is 17.0 Å². The van der Waals surface area contributed by atoms with Crippen LogP contribution in [0.3, 0.4) is 0 Å². The third-order valence-electron chi connectivity index (χ3n) is 4.64. The molecule has 1 heteroatoms. The van der Waals surface area contributed by atoms with Crippen LogP contribution >= 0.6 is 0 Å². The first-order valence-electron chi connectivity index (χ1n) is 7.64. The van der Waals surface area contributed by atoms with E-state index in [2.05, 4.69) is 32.9 Å². The summed E-state index contributed by atoms with van der Waals surface area (Å²) in [5.41, 5.74) is 6.64. The van der Waals surface area contributed by atoms with Gasteiger partial charge in [-0.15, -0.1) is 0 Å². The molecule has 1 aliphatic carbocycles. The monoisotopic (exact) mass is 288 g/mol. The van der Waals surface area contributed by atoms with E-state index < -0.39 is 0 Å². The lowest BCUT2D eigenvalue weighted by atomic mass is 9.87. The molecule has 0 saturated carbocycles. The van der Waals surface area contributed by atoms with Gasteiger partial charge >= 0.3 is 0 Å². The van der Waals surface area contributed by atoms with Crippen molar-refractivity contribution in [1.29, 1.82) is 0 Å². The summed E-state index contributed by atoms with van der Waals surface area (Å²) in [5.74, 6) is 0.309. The second-order valence-electron chi connectivity index (χ2n) is 5.92. The predicted octanol–water partition coefficient (Wildman–Crippen LogP) is 5.30. The maximum Gasteiger partial charge on any atom is 0.193 e. The van der Waals surface area contributed by atoms with Gasteiger partial charge in [0.1, 0.15) is 0 Å². The van der Waals surface area contributed by atoms with Crippen LogP contribution in [0, 0.1) is 0 Å². The topological polar surface area (TPSA) is 17.1 Å². The Morgan fingerprint density at radius 1 is 0.864 bits per heavy atom. The van der Waals surface area contributed by atoms with Crippen molar-refractivity contribution in [2.45, 2.75) is 26.7 Å². The Labute approximate surface area is 132 Å². The lowest BCUT2D eigenvalue weighted by Gasteiger charge is -2.16. The van der Waals surface area contributed by atoms with E-state index in [1.807, 2.05) is 48.5 Å². The number of allylic oxidation sites excluding steroid dienone is 4. The molecule has 0 aliphatic heterocycles.